The van der Waals surface area contributed by atoms with Crippen molar-refractivity contribution in [2.24, 2.45) is 5.92 Å². The van der Waals surface area contributed by atoms with E-state index in [0.717, 1.165) is 18.4 Å². The summed E-state index contributed by atoms with van der Waals surface area (Å²) < 4.78 is 5.78. The predicted molar refractivity (Wildman–Crippen MR) is 68.7 cm³/mol. The van der Waals surface area contributed by atoms with Crippen LogP contribution in [-0.4, -0.2) is 23.5 Å². The Hall–Kier alpha value is -1.61. The van der Waals surface area contributed by atoms with Crippen LogP contribution in [0.15, 0.2) is 43.0 Å². The quantitative estimate of drug-likeness (QED) is 0.763. The average molecular weight is 243 g/mol. The fourth-order valence-electron chi connectivity index (χ4n) is 2.94. The Bertz CT molecular complexity index is 457. The molecule has 3 heteroatoms. The van der Waals surface area contributed by atoms with Crippen LogP contribution in [0, 0.1) is 5.92 Å². The van der Waals surface area contributed by atoms with Gasteiger partial charge in [0.2, 0.25) is 5.91 Å². The molecule has 2 aliphatic rings. The molecule has 0 spiro atoms. The first-order chi connectivity index (χ1) is 8.81. The Kier molecular flexibility index (Phi) is 2.92. The Balaban J connectivity index is 1.84. The van der Waals surface area contributed by atoms with E-state index >= 15 is 0 Å². The molecule has 3 nitrogen and oxygen atoms in total. The summed E-state index contributed by atoms with van der Waals surface area (Å²) in [5, 5.41) is 0. The van der Waals surface area contributed by atoms with Crippen LogP contribution in [0.3, 0.4) is 0 Å². The topological polar surface area (TPSA) is 29.5 Å². The van der Waals surface area contributed by atoms with Crippen LogP contribution >= 0.6 is 0 Å². The second-order valence-corrected chi connectivity index (χ2v) is 4.95. The predicted octanol–water partition coefficient (Wildman–Crippen LogP) is 2.51. The van der Waals surface area contributed by atoms with Crippen molar-refractivity contribution in [2.75, 3.05) is 6.61 Å². The van der Waals surface area contributed by atoms with Crippen molar-refractivity contribution >= 4 is 5.91 Å². The largest absolute Gasteiger partial charge is 0.352 e. The summed E-state index contributed by atoms with van der Waals surface area (Å²) in [6.07, 6.45) is 3.31. The average Bonchev–Trinajstić information content (AvgIpc) is 2.93. The van der Waals surface area contributed by atoms with E-state index in [9.17, 15) is 4.79 Å². The number of hydrogen-bond acceptors (Lipinski definition) is 2. The van der Waals surface area contributed by atoms with Crippen LogP contribution < -0.4 is 0 Å². The Labute approximate surface area is 107 Å². The second kappa shape index (κ2) is 4.58. The molecule has 2 saturated heterocycles. The molecule has 94 valence electrons. The summed E-state index contributed by atoms with van der Waals surface area (Å²) in [7, 11) is 0. The number of allylic oxidation sites excluding steroid dienone is 1. The highest BCUT2D eigenvalue weighted by Crippen LogP contribution is 2.40. The van der Waals surface area contributed by atoms with Gasteiger partial charge >= 0.3 is 0 Å². The molecule has 3 atom stereocenters. The van der Waals surface area contributed by atoms with Gasteiger partial charge in [0.1, 0.15) is 0 Å². The zero-order valence-electron chi connectivity index (χ0n) is 10.3. The molecule has 2 fully saturated rings. The highest BCUT2D eigenvalue weighted by Gasteiger charge is 2.47. The monoisotopic (exact) mass is 243 g/mol. The van der Waals surface area contributed by atoms with E-state index in [1.807, 2.05) is 41.3 Å². The third-order valence-corrected chi connectivity index (χ3v) is 3.79. The zero-order chi connectivity index (χ0) is 12.5. The lowest BCUT2D eigenvalue weighted by molar-refractivity contribution is -0.137. The molecule has 2 heterocycles. The van der Waals surface area contributed by atoms with Crippen LogP contribution in [0.4, 0.5) is 0 Å². The fraction of sp³-hybridized carbons (Fsp3) is 0.400. The van der Waals surface area contributed by atoms with Gasteiger partial charge in [0.05, 0.1) is 12.6 Å². The Morgan fingerprint density at radius 3 is 2.89 bits per heavy atom. The molecule has 0 radical (unpaired) electrons. The molecule has 1 unspecified atom stereocenters. The van der Waals surface area contributed by atoms with E-state index in [4.69, 9.17) is 4.74 Å². The van der Waals surface area contributed by atoms with E-state index in [1.54, 1.807) is 0 Å². The summed E-state index contributed by atoms with van der Waals surface area (Å²) in [6.45, 7) is 4.38. The molecule has 18 heavy (non-hydrogen) atoms. The van der Waals surface area contributed by atoms with Gasteiger partial charge in [-0.05, 0) is 12.8 Å². The molecule has 0 N–H and O–H groups in total. The highest BCUT2D eigenvalue weighted by atomic mass is 16.5. The van der Waals surface area contributed by atoms with E-state index in [-0.39, 0.29) is 24.1 Å². The van der Waals surface area contributed by atoms with Crippen molar-refractivity contribution in [3.8, 4) is 0 Å². The van der Waals surface area contributed by atoms with Crippen molar-refractivity contribution in [2.45, 2.75) is 25.1 Å². The fourth-order valence-corrected chi connectivity index (χ4v) is 2.94. The number of amides is 1. The third-order valence-electron chi connectivity index (χ3n) is 3.79. The molecule has 1 aromatic rings. The lowest BCUT2D eigenvalue weighted by Crippen LogP contribution is -2.32. The van der Waals surface area contributed by atoms with Crippen LogP contribution in [-0.2, 0) is 9.53 Å². The summed E-state index contributed by atoms with van der Waals surface area (Å²) >= 11 is 0. The maximum absolute atomic E-state index is 12.4. The van der Waals surface area contributed by atoms with Gasteiger partial charge in [-0.2, -0.15) is 0 Å². The van der Waals surface area contributed by atoms with E-state index < -0.39 is 0 Å². The van der Waals surface area contributed by atoms with Gasteiger partial charge in [-0.15, -0.1) is 6.58 Å². The van der Waals surface area contributed by atoms with Gasteiger partial charge in [0, 0.05) is 11.5 Å². The van der Waals surface area contributed by atoms with Crippen molar-refractivity contribution in [1.29, 1.82) is 0 Å². The second-order valence-electron chi connectivity index (χ2n) is 4.95. The molecule has 2 aliphatic heterocycles. The van der Waals surface area contributed by atoms with Crippen LogP contribution in [0.5, 0.6) is 0 Å². The zero-order valence-corrected chi connectivity index (χ0v) is 10.3. The van der Waals surface area contributed by atoms with E-state index in [2.05, 4.69) is 6.58 Å². The van der Waals surface area contributed by atoms with Gasteiger partial charge in [-0.3, -0.25) is 4.79 Å². The summed E-state index contributed by atoms with van der Waals surface area (Å²) in [5.74, 6) is 0.314. The Morgan fingerprint density at radius 2 is 2.17 bits per heavy atom. The van der Waals surface area contributed by atoms with Crippen LogP contribution in [0.1, 0.15) is 24.6 Å². The lowest BCUT2D eigenvalue weighted by atomic mass is 10.0. The number of nitrogens with zero attached hydrogens (tertiary/aromatic N) is 1. The van der Waals surface area contributed by atoms with Gasteiger partial charge < -0.3 is 9.64 Å². The molecule has 0 aliphatic carbocycles. The third kappa shape index (κ3) is 1.75. The number of rotatable bonds is 3. The SMILES string of the molecule is C=CCC1C[C@H]2CO[C@H](c3ccccc3)N2C1=O. The number of fused-ring (bicyclic) bond motifs is 1. The van der Waals surface area contributed by atoms with Gasteiger partial charge in [0.25, 0.3) is 0 Å². The first-order valence-electron chi connectivity index (χ1n) is 6.41. The minimum absolute atomic E-state index is 0.0996. The minimum atomic E-state index is -0.196. The Morgan fingerprint density at radius 1 is 1.39 bits per heavy atom. The number of carbonyl (C=O) groups is 1. The van der Waals surface area contributed by atoms with Crippen LogP contribution in [0.25, 0.3) is 0 Å². The molecule has 0 saturated carbocycles. The van der Waals surface area contributed by atoms with Crippen molar-refractivity contribution in [1.82, 2.24) is 4.90 Å². The number of ether oxygens (including phenoxy) is 1. The minimum Gasteiger partial charge on any atom is -0.352 e. The van der Waals surface area contributed by atoms with E-state index in [1.165, 1.54) is 0 Å². The molecular weight excluding hydrogens is 226 g/mol. The van der Waals surface area contributed by atoms with E-state index in [0.29, 0.717) is 6.61 Å². The van der Waals surface area contributed by atoms with Gasteiger partial charge in [-0.1, -0.05) is 36.4 Å². The summed E-state index contributed by atoms with van der Waals surface area (Å²) in [4.78, 5) is 14.3. The van der Waals surface area contributed by atoms with Crippen molar-refractivity contribution in [3.63, 3.8) is 0 Å². The molecule has 3 rings (SSSR count). The summed E-state index contributed by atoms with van der Waals surface area (Å²) in [6, 6.07) is 10.2. The first kappa shape index (κ1) is 11.5. The van der Waals surface area contributed by atoms with Gasteiger partial charge in [0.15, 0.2) is 6.23 Å². The lowest BCUT2D eigenvalue weighted by Gasteiger charge is -2.23. The smallest absolute Gasteiger partial charge is 0.228 e. The summed E-state index contributed by atoms with van der Waals surface area (Å²) in [5.41, 5.74) is 1.06. The van der Waals surface area contributed by atoms with Crippen molar-refractivity contribution in [3.05, 3.63) is 48.6 Å². The van der Waals surface area contributed by atoms with Crippen molar-refractivity contribution < 1.29 is 9.53 Å². The van der Waals surface area contributed by atoms with Gasteiger partial charge in [-0.25, -0.2) is 0 Å². The molecule has 1 aromatic carbocycles. The first-order valence-corrected chi connectivity index (χ1v) is 6.41. The molecule has 1 amide bonds. The molecular formula is C15H17NO2. The number of benzene rings is 1. The maximum Gasteiger partial charge on any atom is 0.228 e. The highest BCUT2D eigenvalue weighted by molar-refractivity contribution is 5.82. The van der Waals surface area contributed by atoms with Crippen LogP contribution in [0.2, 0.25) is 0 Å². The molecule has 0 bridgehead atoms. The normalized spacial score (nSPS) is 30.6. The standard InChI is InChI=1S/C15H17NO2/c1-2-6-12-9-13-10-18-15(16(13)14(12)17)11-7-4-3-5-8-11/h2-5,7-8,12-13,15H,1,6,9-10H2/t12?,13-,15+/m0/s1. The maximum atomic E-state index is 12.4. The number of hydrogen-bond donors (Lipinski definition) is 0. The molecule has 0 aromatic heterocycles. The number of carbonyl (C=O) groups excluding carboxylic acids is 1.